The number of esters is 2. The number of carbonyl (C=O) groups excluding carboxylic acids is 2. The van der Waals surface area contributed by atoms with E-state index in [-0.39, 0.29) is 12.4 Å². The summed E-state index contributed by atoms with van der Waals surface area (Å²) in [6.07, 6.45) is 0.241. The highest BCUT2D eigenvalue weighted by molar-refractivity contribution is 5.89. The summed E-state index contributed by atoms with van der Waals surface area (Å²) in [4.78, 5) is 22.9. The van der Waals surface area contributed by atoms with Gasteiger partial charge >= 0.3 is 11.9 Å². The molecule has 0 aromatic carbocycles. The molecule has 0 saturated carbocycles. The monoisotopic (exact) mass is 228 g/mol. The van der Waals surface area contributed by atoms with Crippen molar-refractivity contribution >= 4 is 11.9 Å². The van der Waals surface area contributed by atoms with E-state index < -0.39 is 11.4 Å². The summed E-state index contributed by atoms with van der Waals surface area (Å²) in [7, 11) is 0. The van der Waals surface area contributed by atoms with Gasteiger partial charge in [-0.05, 0) is 34.1 Å². The molecule has 0 radical (unpaired) electrons. The maximum Gasteiger partial charge on any atom is 0.333 e. The number of hydrogen-bond donors (Lipinski definition) is 0. The summed E-state index contributed by atoms with van der Waals surface area (Å²) in [5, 5.41) is 0. The first-order valence-corrected chi connectivity index (χ1v) is 5.37. The van der Waals surface area contributed by atoms with Crippen LogP contribution in [0.25, 0.3) is 0 Å². The molecule has 16 heavy (non-hydrogen) atoms. The Morgan fingerprint density at radius 3 is 2.06 bits per heavy atom. The Morgan fingerprint density at radius 1 is 1.12 bits per heavy atom. The van der Waals surface area contributed by atoms with Crippen LogP contribution < -0.4 is 0 Å². The van der Waals surface area contributed by atoms with Gasteiger partial charge in [-0.2, -0.15) is 0 Å². The Labute approximate surface area is 96.6 Å². The van der Waals surface area contributed by atoms with Gasteiger partial charge < -0.3 is 9.47 Å². The summed E-state index contributed by atoms with van der Waals surface area (Å²) < 4.78 is 9.71. The minimum atomic E-state index is -0.750. The fourth-order valence-corrected chi connectivity index (χ4v) is 1.24. The predicted molar refractivity (Wildman–Crippen MR) is 60.8 cm³/mol. The quantitative estimate of drug-likeness (QED) is 0.516. The molecule has 0 atom stereocenters. The van der Waals surface area contributed by atoms with E-state index >= 15 is 0 Å². The summed E-state index contributed by atoms with van der Waals surface area (Å²) in [6.45, 7) is 11.2. The highest BCUT2D eigenvalue weighted by Gasteiger charge is 2.31. The molecule has 0 amide bonds. The van der Waals surface area contributed by atoms with Crippen molar-refractivity contribution in [3.63, 3.8) is 0 Å². The van der Waals surface area contributed by atoms with Gasteiger partial charge in [0.1, 0.15) is 0 Å². The van der Waals surface area contributed by atoms with Gasteiger partial charge in [0.05, 0.1) is 18.6 Å². The van der Waals surface area contributed by atoms with Crippen molar-refractivity contribution in [2.45, 2.75) is 34.1 Å². The zero-order chi connectivity index (χ0) is 12.8. The van der Waals surface area contributed by atoms with E-state index in [1.807, 2.05) is 0 Å². The van der Waals surface area contributed by atoms with Crippen LogP contribution >= 0.6 is 0 Å². The molecule has 0 heterocycles. The molecule has 92 valence electrons. The zero-order valence-electron chi connectivity index (χ0n) is 10.5. The molecule has 0 aromatic heterocycles. The van der Waals surface area contributed by atoms with E-state index in [0.29, 0.717) is 18.8 Å². The number of hydrogen-bond acceptors (Lipinski definition) is 4. The van der Waals surface area contributed by atoms with Gasteiger partial charge in [-0.25, -0.2) is 4.79 Å². The van der Waals surface area contributed by atoms with Crippen LogP contribution in [0.5, 0.6) is 0 Å². The number of ether oxygens (including phenoxy) is 2. The van der Waals surface area contributed by atoms with Crippen molar-refractivity contribution in [2.75, 3.05) is 13.2 Å². The van der Waals surface area contributed by atoms with Gasteiger partial charge in [-0.15, -0.1) is 0 Å². The molecule has 0 unspecified atom stereocenters. The highest BCUT2D eigenvalue weighted by atomic mass is 16.5. The molecule has 0 aliphatic rings. The topological polar surface area (TPSA) is 52.6 Å². The lowest BCUT2D eigenvalue weighted by Crippen LogP contribution is -2.28. The molecule has 4 heteroatoms. The Kier molecular flexibility index (Phi) is 5.78. The molecular weight excluding hydrogens is 208 g/mol. The largest absolute Gasteiger partial charge is 0.466 e. The Morgan fingerprint density at radius 2 is 1.62 bits per heavy atom. The number of carbonyl (C=O) groups is 2. The van der Waals surface area contributed by atoms with E-state index in [0.717, 1.165) is 0 Å². The second kappa shape index (κ2) is 6.30. The molecule has 0 rings (SSSR count). The molecular formula is C12H20O4. The van der Waals surface area contributed by atoms with Crippen molar-refractivity contribution in [1.82, 2.24) is 0 Å². The first-order valence-electron chi connectivity index (χ1n) is 5.37. The second-order valence-electron chi connectivity index (χ2n) is 4.11. The molecule has 4 nitrogen and oxygen atoms in total. The first kappa shape index (κ1) is 14.7. The van der Waals surface area contributed by atoms with Crippen molar-refractivity contribution in [3.05, 3.63) is 12.2 Å². The SMILES string of the molecule is C=C(CC(C)(C)C(=O)OCC)C(=O)OCC. The predicted octanol–water partition coefficient (Wildman–Crippen LogP) is 2.09. The lowest BCUT2D eigenvalue weighted by Gasteiger charge is -2.22. The van der Waals surface area contributed by atoms with E-state index in [1.165, 1.54) is 0 Å². The minimum Gasteiger partial charge on any atom is -0.466 e. The van der Waals surface area contributed by atoms with Crippen LogP contribution in [0.1, 0.15) is 34.1 Å². The van der Waals surface area contributed by atoms with Crippen LogP contribution in [0.2, 0.25) is 0 Å². The van der Waals surface area contributed by atoms with Crippen LogP contribution in [0.4, 0.5) is 0 Å². The lowest BCUT2D eigenvalue weighted by atomic mass is 9.86. The van der Waals surface area contributed by atoms with Gasteiger partial charge in [-0.1, -0.05) is 6.58 Å². The average Bonchev–Trinajstić information content (AvgIpc) is 2.17. The van der Waals surface area contributed by atoms with Crippen LogP contribution in [0.15, 0.2) is 12.2 Å². The van der Waals surface area contributed by atoms with Crippen LogP contribution in [-0.4, -0.2) is 25.2 Å². The van der Waals surface area contributed by atoms with Crippen molar-refractivity contribution in [1.29, 1.82) is 0 Å². The summed E-state index contributed by atoms with van der Waals surface area (Å²) in [5.41, 5.74) is -0.459. The van der Waals surface area contributed by atoms with E-state index in [9.17, 15) is 9.59 Å². The standard InChI is InChI=1S/C12H20O4/c1-6-15-10(13)9(3)8-12(4,5)11(14)16-7-2/h3,6-8H2,1-2,4-5H3. The molecule has 0 aliphatic carbocycles. The summed E-state index contributed by atoms with van der Waals surface area (Å²) >= 11 is 0. The number of rotatable bonds is 6. The smallest absolute Gasteiger partial charge is 0.333 e. The highest BCUT2D eigenvalue weighted by Crippen LogP contribution is 2.26. The molecule has 0 aromatic rings. The third-order valence-corrected chi connectivity index (χ3v) is 2.05. The minimum absolute atomic E-state index is 0.241. The maximum atomic E-state index is 11.6. The Bertz CT molecular complexity index is 279. The third-order valence-electron chi connectivity index (χ3n) is 2.05. The maximum absolute atomic E-state index is 11.6. The van der Waals surface area contributed by atoms with Gasteiger partial charge in [-0.3, -0.25) is 4.79 Å². The normalized spacial score (nSPS) is 10.8. The molecule has 0 saturated heterocycles. The average molecular weight is 228 g/mol. The summed E-state index contributed by atoms with van der Waals surface area (Å²) in [6, 6.07) is 0. The van der Waals surface area contributed by atoms with Gasteiger partial charge in [0.25, 0.3) is 0 Å². The van der Waals surface area contributed by atoms with Crippen molar-refractivity contribution < 1.29 is 19.1 Å². The van der Waals surface area contributed by atoms with Crippen molar-refractivity contribution in [3.8, 4) is 0 Å². The Balaban J connectivity index is 4.41. The molecule has 0 fully saturated rings. The van der Waals surface area contributed by atoms with E-state index in [4.69, 9.17) is 9.47 Å². The van der Waals surface area contributed by atoms with Crippen molar-refractivity contribution in [2.24, 2.45) is 5.41 Å². The van der Waals surface area contributed by atoms with E-state index in [2.05, 4.69) is 6.58 Å². The molecule has 0 spiro atoms. The Hall–Kier alpha value is -1.32. The fraction of sp³-hybridized carbons (Fsp3) is 0.667. The van der Waals surface area contributed by atoms with Crippen LogP contribution in [0, 0.1) is 5.41 Å². The fourth-order valence-electron chi connectivity index (χ4n) is 1.24. The second-order valence-corrected chi connectivity index (χ2v) is 4.11. The third kappa shape index (κ3) is 4.47. The molecule has 0 aliphatic heterocycles. The molecule has 0 N–H and O–H groups in total. The lowest BCUT2D eigenvalue weighted by molar-refractivity contribution is -0.153. The van der Waals surface area contributed by atoms with Gasteiger partial charge in [0.15, 0.2) is 0 Å². The summed E-state index contributed by atoms with van der Waals surface area (Å²) in [5.74, 6) is -0.791. The molecule has 0 bridgehead atoms. The zero-order valence-corrected chi connectivity index (χ0v) is 10.5. The van der Waals surface area contributed by atoms with Gasteiger partial charge in [0, 0.05) is 5.57 Å². The van der Waals surface area contributed by atoms with Crippen LogP contribution in [0.3, 0.4) is 0 Å². The van der Waals surface area contributed by atoms with E-state index in [1.54, 1.807) is 27.7 Å². The van der Waals surface area contributed by atoms with Crippen LogP contribution in [-0.2, 0) is 19.1 Å². The van der Waals surface area contributed by atoms with Gasteiger partial charge in [0.2, 0.25) is 0 Å². The first-order chi connectivity index (χ1) is 7.35.